The molecule has 122 valence electrons. The summed E-state index contributed by atoms with van der Waals surface area (Å²) in [4.78, 5) is 15.8. The molecule has 0 bridgehead atoms. The predicted octanol–water partition coefficient (Wildman–Crippen LogP) is 2.67. The van der Waals surface area contributed by atoms with Crippen molar-refractivity contribution in [3.05, 3.63) is 22.4 Å². The van der Waals surface area contributed by atoms with Crippen molar-refractivity contribution in [3.8, 4) is 0 Å². The lowest BCUT2D eigenvalue weighted by molar-refractivity contribution is -0.140. The van der Waals surface area contributed by atoms with Gasteiger partial charge < -0.3 is 15.0 Å². The average molecular weight is 322 g/mol. The molecule has 0 aliphatic carbocycles. The van der Waals surface area contributed by atoms with E-state index in [0.29, 0.717) is 37.3 Å². The third-order valence-electron chi connectivity index (χ3n) is 4.92. The second-order valence-corrected chi connectivity index (χ2v) is 7.48. The van der Waals surface area contributed by atoms with Crippen LogP contribution in [0.25, 0.3) is 0 Å². The number of thiophene rings is 1. The molecule has 4 nitrogen and oxygen atoms in total. The topological polar surface area (TPSA) is 41.6 Å². The maximum atomic E-state index is 12.6. The highest BCUT2D eigenvalue weighted by Crippen LogP contribution is 2.28. The lowest BCUT2D eigenvalue weighted by atomic mass is 9.85. The van der Waals surface area contributed by atoms with Gasteiger partial charge in [0.15, 0.2) is 0 Å². The number of nitrogens with zero attached hydrogens (tertiary/aromatic N) is 1. The number of piperidine rings is 1. The van der Waals surface area contributed by atoms with Crippen molar-refractivity contribution in [2.75, 3.05) is 32.8 Å². The number of hydrogen-bond acceptors (Lipinski definition) is 4. The first-order valence-corrected chi connectivity index (χ1v) is 9.25. The fourth-order valence-electron chi connectivity index (χ4n) is 3.46. The van der Waals surface area contributed by atoms with Gasteiger partial charge in [-0.1, -0.05) is 13.0 Å². The number of nitrogens with one attached hydrogen (secondary N) is 1. The van der Waals surface area contributed by atoms with Gasteiger partial charge in [-0.2, -0.15) is 0 Å². The van der Waals surface area contributed by atoms with Gasteiger partial charge in [-0.15, -0.1) is 11.3 Å². The molecule has 0 radical (unpaired) electrons. The molecule has 3 rings (SSSR count). The van der Waals surface area contributed by atoms with E-state index in [1.54, 1.807) is 11.3 Å². The van der Waals surface area contributed by atoms with Gasteiger partial charge in [-0.25, -0.2) is 0 Å². The quantitative estimate of drug-likeness (QED) is 0.926. The first-order chi connectivity index (χ1) is 10.7. The zero-order valence-electron chi connectivity index (χ0n) is 13.3. The molecule has 2 saturated heterocycles. The van der Waals surface area contributed by atoms with Crippen LogP contribution in [0.5, 0.6) is 0 Å². The van der Waals surface area contributed by atoms with Gasteiger partial charge in [-0.05, 0) is 49.2 Å². The summed E-state index contributed by atoms with van der Waals surface area (Å²) in [6.45, 7) is 6.50. The first kappa shape index (κ1) is 16.0. The second kappa shape index (κ2) is 7.57. The van der Waals surface area contributed by atoms with Crippen LogP contribution in [0.15, 0.2) is 17.5 Å². The Bertz CT molecular complexity index is 471. The minimum atomic E-state index is 0.0596. The summed E-state index contributed by atoms with van der Waals surface area (Å²) in [5.74, 6) is 1.40. The highest BCUT2D eigenvalue weighted by atomic mass is 32.1. The van der Waals surface area contributed by atoms with Crippen LogP contribution in [0, 0.1) is 11.8 Å². The highest BCUT2D eigenvalue weighted by Gasteiger charge is 2.28. The molecular weight excluding hydrogens is 296 g/mol. The number of carbonyl (C=O) groups excluding carboxylic acids is 1. The molecule has 5 heteroatoms. The Morgan fingerprint density at radius 2 is 2.50 bits per heavy atom. The molecule has 2 aliphatic rings. The molecule has 22 heavy (non-hydrogen) atoms. The predicted molar refractivity (Wildman–Crippen MR) is 89.0 cm³/mol. The van der Waals surface area contributed by atoms with Crippen LogP contribution in [0.4, 0.5) is 0 Å². The van der Waals surface area contributed by atoms with Gasteiger partial charge in [-0.3, -0.25) is 4.79 Å². The van der Waals surface area contributed by atoms with Crippen LogP contribution in [-0.4, -0.2) is 43.6 Å². The number of hydrogen-bond donors (Lipinski definition) is 1. The maximum absolute atomic E-state index is 12.6. The van der Waals surface area contributed by atoms with Gasteiger partial charge in [0, 0.05) is 17.8 Å². The number of ether oxygens (including phenoxy) is 1. The first-order valence-electron chi connectivity index (χ1n) is 8.37. The number of morpholine rings is 1. The zero-order valence-corrected chi connectivity index (χ0v) is 14.1. The van der Waals surface area contributed by atoms with Crippen LogP contribution in [0.3, 0.4) is 0 Å². The number of amides is 1. The van der Waals surface area contributed by atoms with Crippen molar-refractivity contribution in [3.63, 3.8) is 0 Å². The minimum Gasteiger partial charge on any atom is -0.369 e. The molecule has 3 heterocycles. The monoisotopic (exact) mass is 322 g/mol. The third kappa shape index (κ3) is 3.89. The van der Waals surface area contributed by atoms with Crippen molar-refractivity contribution in [1.29, 1.82) is 0 Å². The SMILES string of the molecule is CC(CC(=O)N1CCOC(c2cccs2)C1)C1CCCNC1. The van der Waals surface area contributed by atoms with Gasteiger partial charge in [0.05, 0.1) is 13.2 Å². The summed E-state index contributed by atoms with van der Waals surface area (Å²) in [7, 11) is 0. The Hall–Kier alpha value is -0.910. The smallest absolute Gasteiger partial charge is 0.223 e. The molecule has 2 fully saturated rings. The third-order valence-corrected chi connectivity index (χ3v) is 5.88. The van der Waals surface area contributed by atoms with Crippen LogP contribution in [0.2, 0.25) is 0 Å². The highest BCUT2D eigenvalue weighted by molar-refractivity contribution is 7.10. The normalized spacial score (nSPS) is 27.6. The molecular formula is C17H26N2O2S. The van der Waals surface area contributed by atoms with E-state index in [1.807, 2.05) is 11.0 Å². The van der Waals surface area contributed by atoms with E-state index in [1.165, 1.54) is 17.7 Å². The Morgan fingerprint density at radius 3 is 3.23 bits per heavy atom. The fraction of sp³-hybridized carbons (Fsp3) is 0.706. The van der Waals surface area contributed by atoms with Crippen LogP contribution in [0.1, 0.15) is 37.2 Å². The van der Waals surface area contributed by atoms with Crippen molar-refractivity contribution in [1.82, 2.24) is 10.2 Å². The summed E-state index contributed by atoms with van der Waals surface area (Å²) in [5, 5.41) is 5.52. The number of carbonyl (C=O) groups is 1. The molecule has 2 aliphatic heterocycles. The zero-order chi connectivity index (χ0) is 15.4. The lowest BCUT2D eigenvalue weighted by Gasteiger charge is -2.34. The summed E-state index contributed by atoms with van der Waals surface area (Å²) in [5.41, 5.74) is 0. The summed E-state index contributed by atoms with van der Waals surface area (Å²) in [6.07, 6.45) is 3.22. The molecule has 0 saturated carbocycles. The maximum Gasteiger partial charge on any atom is 0.223 e. The molecule has 1 N–H and O–H groups in total. The van der Waals surface area contributed by atoms with Gasteiger partial charge in [0.2, 0.25) is 5.91 Å². The van der Waals surface area contributed by atoms with Crippen molar-refractivity contribution in [2.24, 2.45) is 11.8 Å². The van der Waals surface area contributed by atoms with Gasteiger partial charge >= 0.3 is 0 Å². The largest absolute Gasteiger partial charge is 0.369 e. The second-order valence-electron chi connectivity index (χ2n) is 6.50. The van der Waals surface area contributed by atoms with Crippen molar-refractivity contribution in [2.45, 2.75) is 32.3 Å². The van der Waals surface area contributed by atoms with E-state index in [2.05, 4.69) is 23.7 Å². The summed E-state index contributed by atoms with van der Waals surface area (Å²) >= 11 is 1.71. The standard InChI is InChI=1S/C17H26N2O2S/c1-13(14-4-2-6-18-11-14)10-17(20)19-7-8-21-15(12-19)16-5-3-9-22-16/h3,5,9,13-15,18H,2,4,6-8,10-12H2,1H3. The molecule has 1 aromatic heterocycles. The molecule has 0 aromatic carbocycles. The number of rotatable bonds is 4. The summed E-state index contributed by atoms with van der Waals surface area (Å²) < 4.78 is 5.83. The minimum absolute atomic E-state index is 0.0596. The Kier molecular flexibility index (Phi) is 5.50. The molecule has 0 spiro atoms. The van der Waals surface area contributed by atoms with E-state index in [-0.39, 0.29) is 6.10 Å². The van der Waals surface area contributed by atoms with Gasteiger partial charge in [0.1, 0.15) is 6.10 Å². The van der Waals surface area contributed by atoms with E-state index in [0.717, 1.165) is 19.6 Å². The molecule has 3 atom stereocenters. The fourth-order valence-corrected chi connectivity index (χ4v) is 4.22. The van der Waals surface area contributed by atoms with E-state index < -0.39 is 0 Å². The lowest BCUT2D eigenvalue weighted by Crippen LogP contribution is -2.43. The Labute approximate surface area is 136 Å². The molecule has 1 aromatic rings. The average Bonchev–Trinajstić information content (AvgIpc) is 3.10. The molecule has 1 amide bonds. The summed E-state index contributed by atoms with van der Waals surface area (Å²) in [6, 6.07) is 4.14. The van der Waals surface area contributed by atoms with Crippen molar-refractivity contribution < 1.29 is 9.53 Å². The molecule has 3 unspecified atom stereocenters. The van der Waals surface area contributed by atoms with Crippen LogP contribution < -0.4 is 5.32 Å². The Balaban J connectivity index is 1.52. The van der Waals surface area contributed by atoms with Gasteiger partial charge in [0.25, 0.3) is 0 Å². The van der Waals surface area contributed by atoms with Crippen molar-refractivity contribution >= 4 is 17.2 Å². The Morgan fingerprint density at radius 1 is 1.59 bits per heavy atom. The van der Waals surface area contributed by atoms with E-state index in [4.69, 9.17) is 4.74 Å². The van der Waals surface area contributed by atoms with Crippen LogP contribution in [-0.2, 0) is 9.53 Å². The van der Waals surface area contributed by atoms with Crippen LogP contribution >= 0.6 is 11.3 Å². The van der Waals surface area contributed by atoms with E-state index in [9.17, 15) is 4.79 Å². The van der Waals surface area contributed by atoms with E-state index >= 15 is 0 Å².